The van der Waals surface area contributed by atoms with Gasteiger partial charge in [-0.15, -0.1) is 0 Å². The van der Waals surface area contributed by atoms with Crippen molar-refractivity contribution in [2.24, 2.45) is 0 Å². The third-order valence-corrected chi connectivity index (χ3v) is 4.92. The number of para-hydroxylation sites is 1. The molecule has 0 aliphatic heterocycles. The van der Waals surface area contributed by atoms with Crippen molar-refractivity contribution in [2.45, 2.75) is 13.1 Å². The van der Waals surface area contributed by atoms with Crippen LogP contribution in [0.1, 0.15) is 5.56 Å². The first kappa shape index (κ1) is 19.2. The molecule has 0 saturated heterocycles. The van der Waals surface area contributed by atoms with Crippen molar-refractivity contribution in [3.8, 4) is 5.69 Å². The average Bonchev–Trinajstić information content (AvgIpc) is 3.15. The van der Waals surface area contributed by atoms with E-state index in [1.807, 2.05) is 18.2 Å². The number of carbonyl (C=O) groups is 1. The fourth-order valence-corrected chi connectivity index (χ4v) is 3.22. The lowest BCUT2D eigenvalue weighted by molar-refractivity contribution is -0.121. The van der Waals surface area contributed by atoms with Crippen molar-refractivity contribution in [2.75, 3.05) is 0 Å². The highest BCUT2D eigenvalue weighted by Gasteiger charge is 2.14. The summed E-state index contributed by atoms with van der Waals surface area (Å²) in [5, 5.41) is 8.43. The van der Waals surface area contributed by atoms with Gasteiger partial charge in [-0.05, 0) is 29.8 Å². The highest BCUT2D eigenvalue weighted by molar-refractivity contribution is 6.32. The van der Waals surface area contributed by atoms with Crippen LogP contribution in [0, 0.1) is 0 Å². The first-order valence-electron chi connectivity index (χ1n) is 8.72. The van der Waals surface area contributed by atoms with Crippen LogP contribution in [-0.4, -0.2) is 25.2 Å². The number of nitrogens with one attached hydrogen (secondary N) is 1. The van der Waals surface area contributed by atoms with E-state index in [0.717, 1.165) is 5.56 Å². The minimum atomic E-state index is -0.352. The number of nitrogens with zero attached hydrogens (tertiary/aromatic N) is 4. The van der Waals surface area contributed by atoms with Crippen LogP contribution in [0.5, 0.6) is 0 Å². The predicted molar refractivity (Wildman–Crippen MR) is 111 cm³/mol. The molecule has 4 rings (SSSR count). The molecule has 0 bridgehead atoms. The average molecular weight is 428 g/mol. The Labute approximate surface area is 175 Å². The van der Waals surface area contributed by atoms with Gasteiger partial charge in [-0.25, -0.2) is 9.67 Å². The van der Waals surface area contributed by atoms with E-state index in [1.165, 1.54) is 21.8 Å². The largest absolute Gasteiger partial charge is 0.350 e. The molecule has 1 N–H and O–H groups in total. The van der Waals surface area contributed by atoms with Gasteiger partial charge in [-0.2, -0.15) is 5.10 Å². The number of rotatable bonds is 5. The maximum atomic E-state index is 12.7. The van der Waals surface area contributed by atoms with Gasteiger partial charge < -0.3 is 5.32 Å². The first-order valence-corrected chi connectivity index (χ1v) is 9.48. The minimum absolute atomic E-state index is 0.146. The predicted octanol–water partition coefficient (Wildman–Crippen LogP) is 3.21. The van der Waals surface area contributed by atoms with E-state index in [2.05, 4.69) is 15.4 Å². The van der Waals surface area contributed by atoms with Crippen LogP contribution in [0.15, 0.2) is 65.8 Å². The SMILES string of the molecule is O=C(Cn1cnc2c(cnn2-c2ccccc2Cl)c1=O)NCc1ccc(Cl)cc1. The van der Waals surface area contributed by atoms with Crippen molar-refractivity contribution in [1.82, 2.24) is 24.6 Å². The van der Waals surface area contributed by atoms with Crippen LogP contribution < -0.4 is 10.9 Å². The maximum Gasteiger partial charge on any atom is 0.264 e. The molecule has 0 saturated carbocycles. The summed E-state index contributed by atoms with van der Waals surface area (Å²) in [6.07, 6.45) is 2.76. The Kier molecular flexibility index (Phi) is 5.33. The Morgan fingerprint density at radius 1 is 1.07 bits per heavy atom. The molecule has 29 heavy (non-hydrogen) atoms. The summed E-state index contributed by atoms with van der Waals surface area (Å²) in [5.41, 5.74) is 1.55. The van der Waals surface area contributed by atoms with E-state index in [9.17, 15) is 9.59 Å². The molecule has 0 radical (unpaired) electrons. The van der Waals surface area contributed by atoms with Gasteiger partial charge in [0.2, 0.25) is 5.91 Å². The molecule has 0 atom stereocenters. The molecule has 0 aliphatic rings. The normalized spacial score (nSPS) is 11.0. The van der Waals surface area contributed by atoms with Gasteiger partial charge in [0, 0.05) is 11.6 Å². The third kappa shape index (κ3) is 4.01. The Morgan fingerprint density at radius 3 is 2.59 bits per heavy atom. The smallest absolute Gasteiger partial charge is 0.264 e. The van der Waals surface area contributed by atoms with Crippen LogP contribution in [-0.2, 0) is 17.9 Å². The van der Waals surface area contributed by atoms with Crippen LogP contribution in [0.3, 0.4) is 0 Å². The zero-order valence-electron chi connectivity index (χ0n) is 15.0. The highest BCUT2D eigenvalue weighted by Crippen LogP contribution is 2.21. The number of aromatic nitrogens is 4. The quantitative estimate of drug-likeness (QED) is 0.530. The summed E-state index contributed by atoms with van der Waals surface area (Å²) in [6, 6.07) is 14.3. The Balaban J connectivity index is 1.54. The first-order chi connectivity index (χ1) is 14.0. The van der Waals surface area contributed by atoms with E-state index in [4.69, 9.17) is 23.2 Å². The number of hydrogen-bond donors (Lipinski definition) is 1. The second-order valence-electron chi connectivity index (χ2n) is 6.33. The monoisotopic (exact) mass is 427 g/mol. The molecular weight excluding hydrogens is 413 g/mol. The number of fused-ring (bicyclic) bond motifs is 1. The third-order valence-electron chi connectivity index (χ3n) is 4.35. The van der Waals surface area contributed by atoms with Gasteiger partial charge in [0.05, 0.1) is 16.9 Å². The van der Waals surface area contributed by atoms with Crippen molar-refractivity contribution in [3.63, 3.8) is 0 Å². The van der Waals surface area contributed by atoms with E-state index >= 15 is 0 Å². The molecule has 2 aromatic heterocycles. The van der Waals surface area contributed by atoms with Gasteiger partial charge in [0.25, 0.3) is 5.56 Å². The lowest BCUT2D eigenvalue weighted by Gasteiger charge is -2.08. The maximum absolute atomic E-state index is 12.7. The summed E-state index contributed by atoms with van der Waals surface area (Å²) >= 11 is 12.1. The van der Waals surface area contributed by atoms with E-state index in [-0.39, 0.29) is 18.0 Å². The molecule has 1 amide bonds. The summed E-state index contributed by atoms with van der Waals surface area (Å²) in [6.45, 7) is 0.192. The molecule has 0 fully saturated rings. The van der Waals surface area contributed by atoms with E-state index < -0.39 is 0 Å². The van der Waals surface area contributed by atoms with Crippen LogP contribution >= 0.6 is 23.2 Å². The van der Waals surface area contributed by atoms with Gasteiger partial charge in [0.1, 0.15) is 18.3 Å². The van der Waals surface area contributed by atoms with E-state index in [0.29, 0.717) is 33.3 Å². The molecule has 2 heterocycles. The highest BCUT2D eigenvalue weighted by atomic mass is 35.5. The number of benzene rings is 2. The second-order valence-corrected chi connectivity index (χ2v) is 7.17. The number of hydrogen-bond acceptors (Lipinski definition) is 4. The van der Waals surface area contributed by atoms with Gasteiger partial charge in [-0.3, -0.25) is 14.2 Å². The zero-order chi connectivity index (χ0) is 20.4. The molecule has 146 valence electrons. The fraction of sp³-hybridized carbons (Fsp3) is 0.100. The second kappa shape index (κ2) is 8.06. The summed E-state index contributed by atoms with van der Waals surface area (Å²) in [5.74, 6) is -0.304. The van der Waals surface area contributed by atoms with Gasteiger partial charge in [0.15, 0.2) is 5.65 Å². The lowest BCUT2D eigenvalue weighted by atomic mass is 10.2. The molecule has 7 nitrogen and oxygen atoms in total. The molecule has 0 unspecified atom stereocenters. The fourth-order valence-electron chi connectivity index (χ4n) is 2.87. The van der Waals surface area contributed by atoms with Crippen LogP contribution in [0.25, 0.3) is 16.7 Å². The van der Waals surface area contributed by atoms with Gasteiger partial charge in [-0.1, -0.05) is 47.5 Å². The van der Waals surface area contributed by atoms with Crippen molar-refractivity contribution >= 4 is 40.1 Å². The number of carbonyl (C=O) groups excluding carboxylic acids is 1. The Hall–Kier alpha value is -3.16. The standard InChI is InChI=1S/C20H15Cl2N5O2/c21-14-7-5-13(6-8-14)9-23-18(28)11-26-12-24-19-15(20(26)29)10-25-27(19)17-4-2-1-3-16(17)22/h1-8,10,12H,9,11H2,(H,23,28). The minimum Gasteiger partial charge on any atom is -0.350 e. The number of halogens is 2. The number of amides is 1. The Bertz CT molecular complexity index is 1250. The van der Waals surface area contributed by atoms with E-state index in [1.54, 1.807) is 30.3 Å². The lowest BCUT2D eigenvalue weighted by Crippen LogP contribution is -2.32. The van der Waals surface area contributed by atoms with Crippen molar-refractivity contribution in [3.05, 3.63) is 87.0 Å². The van der Waals surface area contributed by atoms with Crippen molar-refractivity contribution in [1.29, 1.82) is 0 Å². The van der Waals surface area contributed by atoms with Gasteiger partial charge >= 0.3 is 0 Å². The molecule has 9 heteroatoms. The zero-order valence-corrected chi connectivity index (χ0v) is 16.6. The summed E-state index contributed by atoms with van der Waals surface area (Å²) in [4.78, 5) is 29.3. The topological polar surface area (TPSA) is 81.8 Å². The molecule has 0 spiro atoms. The molecule has 4 aromatic rings. The van der Waals surface area contributed by atoms with Crippen molar-refractivity contribution < 1.29 is 4.79 Å². The molecular formula is C20H15Cl2N5O2. The van der Waals surface area contributed by atoms with Crippen LogP contribution in [0.4, 0.5) is 0 Å². The van der Waals surface area contributed by atoms with Crippen LogP contribution in [0.2, 0.25) is 10.0 Å². The molecule has 0 aliphatic carbocycles. The molecule has 2 aromatic carbocycles. The summed E-state index contributed by atoms with van der Waals surface area (Å²) in [7, 11) is 0. The Morgan fingerprint density at radius 2 is 1.83 bits per heavy atom. The summed E-state index contributed by atoms with van der Waals surface area (Å²) < 4.78 is 2.75.